The third-order valence-corrected chi connectivity index (χ3v) is 8.15. The fourth-order valence-electron chi connectivity index (χ4n) is 5.41. The molecule has 0 aliphatic heterocycles. The summed E-state index contributed by atoms with van der Waals surface area (Å²) in [6.07, 6.45) is 25.8. The van der Waals surface area contributed by atoms with Crippen molar-refractivity contribution in [1.82, 2.24) is 5.32 Å². The molecule has 0 atom stereocenters. The highest BCUT2D eigenvalue weighted by Crippen LogP contribution is 2.39. The standard InChI is InChI=1S/C35H49BrN2O3/c1-2-3-4-5-6-7-8-9-10-11-15-20-33(39)41-29-30-21-23-32(24-22-30)35(25-16-17-26-35)38-34(40)31(28-37)19-14-12-13-18-27-36/h12-13,18-19,21-24,27H,2-11,14-17,20,25-26,29H2,1H3,(H,38,40)/b13-12-,27-18+,31-19+. The van der Waals surface area contributed by atoms with Gasteiger partial charge in [0, 0.05) is 6.42 Å². The van der Waals surface area contributed by atoms with Gasteiger partial charge < -0.3 is 10.1 Å². The van der Waals surface area contributed by atoms with Gasteiger partial charge in [-0.1, -0.05) is 148 Å². The molecule has 0 aromatic heterocycles. The van der Waals surface area contributed by atoms with Crippen molar-refractivity contribution in [1.29, 1.82) is 5.26 Å². The number of amides is 1. The third-order valence-electron chi connectivity index (χ3n) is 7.84. The molecular weight excluding hydrogens is 576 g/mol. The molecular formula is C35H49BrN2O3. The van der Waals surface area contributed by atoms with Gasteiger partial charge in [0.15, 0.2) is 0 Å². The van der Waals surface area contributed by atoms with E-state index in [2.05, 4.69) is 28.2 Å². The number of carbonyl (C=O) groups is 2. The number of rotatable bonds is 20. The van der Waals surface area contributed by atoms with Crippen LogP contribution in [0.1, 0.15) is 127 Å². The van der Waals surface area contributed by atoms with E-state index in [1.54, 1.807) is 11.1 Å². The average Bonchev–Trinajstić information content (AvgIpc) is 3.46. The predicted octanol–water partition coefficient (Wildman–Crippen LogP) is 9.62. The van der Waals surface area contributed by atoms with Gasteiger partial charge in [0.25, 0.3) is 5.91 Å². The molecule has 0 radical (unpaired) electrons. The SMILES string of the molecule is CCCCCCCCCCCCCC(=O)OCc1ccc(C2(NC(=O)/C(C#N)=C/C/C=C\C=C\Br)CCCC2)cc1. The number of hydrogen-bond acceptors (Lipinski definition) is 4. The van der Waals surface area contributed by atoms with Crippen LogP contribution in [0.3, 0.4) is 0 Å². The number of nitriles is 1. The second-order valence-corrected chi connectivity index (χ2v) is 11.6. The van der Waals surface area contributed by atoms with Gasteiger partial charge in [-0.25, -0.2) is 0 Å². The van der Waals surface area contributed by atoms with Crippen molar-refractivity contribution in [3.8, 4) is 6.07 Å². The van der Waals surface area contributed by atoms with E-state index in [-0.39, 0.29) is 24.1 Å². The van der Waals surface area contributed by atoms with Gasteiger partial charge in [-0.2, -0.15) is 5.26 Å². The van der Waals surface area contributed by atoms with Crippen molar-refractivity contribution in [2.24, 2.45) is 0 Å². The van der Waals surface area contributed by atoms with E-state index >= 15 is 0 Å². The zero-order valence-electron chi connectivity index (χ0n) is 25.0. The summed E-state index contributed by atoms with van der Waals surface area (Å²) < 4.78 is 5.52. The molecule has 41 heavy (non-hydrogen) atoms. The van der Waals surface area contributed by atoms with Crippen LogP contribution in [0.15, 0.2) is 59.1 Å². The molecule has 0 spiro atoms. The topological polar surface area (TPSA) is 79.2 Å². The highest BCUT2D eigenvalue weighted by Gasteiger charge is 2.37. The maximum Gasteiger partial charge on any atom is 0.306 e. The predicted molar refractivity (Wildman–Crippen MR) is 171 cm³/mol. The van der Waals surface area contributed by atoms with Gasteiger partial charge in [-0.05, 0) is 41.8 Å². The van der Waals surface area contributed by atoms with E-state index < -0.39 is 5.54 Å². The Balaban J connectivity index is 1.75. The minimum absolute atomic E-state index is 0.130. The molecule has 1 N–H and O–H groups in total. The Morgan fingerprint density at radius 3 is 2.15 bits per heavy atom. The maximum absolute atomic E-state index is 13.0. The molecule has 1 aromatic carbocycles. The average molecular weight is 626 g/mol. The first-order chi connectivity index (χ1) is 20.0. The highest BCUT2D eigenvalue weighted by molar-refractivity contribution is 9.11. The van der Waals surface area contributed by atoms with E-state index in [0.717, 1.165) is 49.7 Å². The normalized spacial score (nSPS) is 14.9. The Labute approximate surface area is 256 Å². The summed E-state index contributed by atoms with van der Waals surface area (Å²) in [7, 11) is 0. The first-order valence-electron chi connectivity index (χ1n) is 15.6. The molecule has 0 saturated heterocycles. The van der Waals surface area contributed by atoms with Gasteiger partial charge in [0.05, 0.1) is 5.54 Å². The number of carbonyl (C=O) groups excluding carboxylic acids is 2. The number of nitrogens with zero attached hydrogens (tertiary/aromatic N) is 1. The lowest BCUT2D eigenvalue weighted by Crippen LogP contribution is -2.44. The molecule has 1 aliphatic carbocycles. The number of unbranched alkanes of at least 4 members (excludes halogenated alkanes) is 10. The molecule has 0 bridgehead atoms. The Bertz CT molecular complexity index is 1030. The second-order valence-electron chi connectivity index (χ2n) is 11.1. The molecule has 0 unspecified atom stereocenters. The Kier molecular flexibility index (Phi) is 17.8. The summed E-state index contributed by atoms with van der Waals surface area (Å²) in [5, 5.41) is 12.7. The van der Waals surface area contributed by atoms with Crippen LogP contribution in [0.25, 0.3) is 0 Å². The fraction of sp³-hybridized carbons (Fsp3) is 0.571. The van der Waals surface area contributed by atoms with Crippen LogP contribution in [0.2, 0.25) is 0 Å². The maximum atomic E-state index is 13.0. The van der Waals surface area contributed by atoms with Crippen LogP contribution in [0.5, 0.6) is 0 Å². The quantitative estimate of drug-likeness (QED) is 0.0515. The second kappa shape index (κ2) is 21.1. The van der Waals surface area contributed by atoms with E-state index in [0.29, 0.717) is 12.8 Å². The van der Waals surface area contributed by atoms with Crippen LogP contribution in [-0.4, -0.2) is 11.9 Å². The molecule has 1 aromatic rings. The third kappa shape index (κ3) is 13.7. The van der Waals surface area contributed by atoms with Crippen LogP contribution in [0.4, 0.5) is 0 Å². The minimum atomic E-state index is -0.480. The smallest absolute Gasteiger partial charge is 0.306 e. The number of benzene rings is 1. The lowest BCUT2D eigenvalue weighted by molar-refractivity contribution is -0.145. The lowest BCUT2D eigenvalue weighted by atomic mass is 9.87. The van der Waals surface area contributed by atoms with Crippen LogP contribution < -0.4 is 5.32 Å². The zero-order chi connectivity index (χ0) is 29.6. The van der Waals surface area contributed by atoms with E-state index in [1.807, 2.05) is 48.6 Å². The summed E-state index contributed by atoms with van der Waals surface area (Å²) in [6.45, 7) is 2.51. The lowest BCUT2D eigenvalue weighted by Gasteiger charge is -2.31. The first kappa shape index (κ1) is 34.6. The summed E-state index contributed by atoms with van der Waals surface area (Å²) >= 11 is 3.20. The van der Waals surface area contributed by atoms with E-state index in [4.69, 9.17) is 4.74 Å². The number of nitrogens with one attached hydrogen (secondary N) is 1. The largest absolute Gasteiger partial charge is 0.461 e. The molecule has 224 valence electrons. The molecule has 0 heterocycles. The Hall–Kier alpha value is -2.65. The molecule has 2 rings (SSSR count). The monoisotopic (exact) mass is 624 g/mol. The highest BCUT2D eigenvalue weighted by atomic mass is 79.9. The molecule has 1 fully saturated rings. The Morgan fingerprint density at radius 2 is 1.56 bits per heavy atom. The van der Waals surface area contributed by atoms with Crippen molar-refractivity contribution < 1.29 is 14.3 Å². The van der Waals surface area contributed by atoms with Crippen molar-refractivity contribution in [2.75, 3.05) is 0 Å². The summed E-state index contributed by atoms with van der Waals surface area (Å²) in [5.41, 5.74) is 1.61. The summed E-state index contributed by atoms with van der Waals surface area (Å²) in [6, 6.07) is 10.0. The molecule has 1 amide bonds. The van der Waals surface area contributed by atoms with Gasteiger partial charge in [-0.15, -0.1) is 0 Å². The number of esters is 1. The first-order valence-corrected chi connectivity index (χ1v) is 16.6. The van der Waals surface area contributed by atoms with E-state index in [1.165, 1.54) is 57.8 Å². The van der Waals surface area contributed by atoms with Crippen molar-refractivity contribution >= 4 is 27.8 Å². The molecule has 1 saturated carbocycles. The summed E-state index contributed by atoms with van der Waals surface area (Å²) in [5.74, 6) is -0.474. The van der Waals surface area contributed by atoms with E-state index in [9.17, 15) is 14.9 Å². The molecule has 6 heteroatoms. The van der Waals surface area contributed by atoms with Crippen LogP contribution in [-0.2, 0) is 26.5 Å². The van der Waals surface area contributed by atoms with Crippen molar-refractivity contribution in [3.05, 3.63) is 70.3 Å². The van der Waals surface area contributed by atoms with Crippen molar-refractivity contribution in [3.63, 3.8) is 0 Å². The van der Waals surface area contributed by atoms with Gasteiger partial charge >= 0.3 is 5.97 Å². The van der Waals surface area contributed by atoms with Gasteiger partial charge in [0.1, 0.15) is 18.2 Å². The summed E-state index contributed by atoms with van der Waals surface area (Å²) in [4.78, 5) is 27.0. The minimum Gasteiger partial charge on any atom is -0.461 e. The number of halogens is 1. The fourth-order valence-corrected chi connectivity index (χ4v) is 5.59. The van der Waals surface area contributed by atoms with Gasteiger partial charge in [0.2, 0.25) is 0 Å². The molecule has 5 nitrogen and oxygen atoms in total. The van der Waals surface area contributed by atoms with Gasteiger partial charge in [-0.3, -0.25) is 9.59 Å². The number of ether oxygens (including phenoxy) is 1. The van der Waals surface area contributed by atoms with Crippen LogP contribution in [0, 0.1) is 11.3 Å². The van der Waals surface area contributed by atoms with Crippen molar-refractivity contribution in [2.45, 2.75) is 128 Å². The Morgan fingerprint density at radius 1 is 0.951 bits per heavy atom. The molecule has 1 aliphatic rings. The van der Waals surface area contributed by atoms with Crippen LogP contribution >= 0.6 is 15.9 Å². The number of allylic oxidation sites excluding steroid dienone is 4. The zero-order valence-corrected chi connectivity index (χ0v) is 26.6. The number of hydrogen-bond donors (Lipinski definition) is 1.